The number of ether oxygens (including phenoxy) is 4. The number of hydrogen-bond acceptors (Lipinski definition) is 7. The Labute approximate surface area is 192 Å². The summed E-state index contributed by atoms with van der Waals surface area (Å²) in [5, 5.41) is 0. The van der Waals surface area contributed by atoms with E-state index in [0.29, 0.717) is 22.8 Å². The number of benzene rings is 2. The number of hydrogen-bond donors (Lipinski definition) is 0. The Hall–Kier alpha value is -3.55. The van der Waals surface area contributed by atoms with Crippen LogP contribution < -0.4 is 14.2 Å². The largest absolute Gasteiger partial charge is 0.484 e. The first-order chi connectivity index (χ1) is 15.9. The monoisotopic (exact) mass is 453 g/mol. The van der Waals surface area contributed by atoms with E-state index in [-0.39, 0.29) is 42.7 Å². The molecule has 33 heavy (non-hydrogen) atoms. The second-order valence-electron chi connectivity index (χ2n) is 8.31. The van der Waals surface area contributed by atoms with Gasteiger partial charge < -0.3 is 23.8 Å². The molecule has 0 spiro atoms. The standard InChI is InChI=1S/C25H27NO7/c1-16-4-3-5-17(2)26(16)24(28)14-30-20-9-6-18(7-10-20)25(29)31-13-21(27)19-8-11-22-23(12-19)33-15-32-22/h6-12,16-17H,3-5,13-15H2,1-2H3. The number of ketones is 1. The summed E-state index contributed by atoms with van der Waals surface area (Å²) in [7, 11) is 0. The Bertz CT molecular complexity index is 1020. The van der Waals surface area contributed by atoms with Crippen LogP contribution in [0.5, 0.6) is 17.2 Å². The molecule has 0 N–H and O–H groups in total. The molecule has 1 amide bonds. The van der Waals surface area contributed by atoms with Crippen molar-refractivity contribution < 1.29 is 33.3 Å². The van der Waals surface area contributed by atoms with Crippen LogP contribution in [0.3, 0.4) is 0 Å². The lowest BCUT2D eigenvalue weighted by Gasteiger charge is -2.38. The molecule has 0 bridgehead atoms. The van der Waals surface area contributed by atoms with Crippen LogP contribution in [0.15, 0.2) is 42.5 Å². The van der Waals surface area contributed by atoms with Crippen molar-refractivity contribution in [1.29, 1.82) is 0 Å². The van der Waals surface area contributed by atoms with Crippen molar-refractivity contribution in [3.8, 4) is 17.2 Å². The number of esters is 1. The summed E-state index contributed by atoms with van der Waals surface area (Å²) in [6, 6.07) is 11.5. The van der Waals surface area contributed by atoms with Gasteiger partial charge in [-0.2, -0.15) is 0 Å². The molecule has 1 fully saturated rings. The quantitative estimate of drug-likeness (QED) is 0.467. The Kier molecular flexibility index (Phi) is 6.82. The normalized spacial score (nSPS) is 19.2. The number of piperidine rings is 1. The van der Waals surface area contributed by atoms with E-state index in [0.717, 1.165) is 19.3 Å². The summed E-state index contributed by atoms with van der Waals surface area (Å²) in [4.78, 5) is 39.1. The van der Waals surface area contributed by atoms with E-state index < -0.39 is 12.6 Å². The average Bonchev–Trinajstić information content (AvgIpc) is 3.29. The second kappa shape index (κ2) is 9.94. The fourth-order valence-electron chi connectivity index (χ4n) is 4.19. The molecule has 0 saturated carbocycles. The third-order valence-electron chi connectivity index (χ3n) is 5.96. The van der Waals surface area contributed by atoms with Crippen molar-refractivity contribution in [2.24, 2.45) is 0 Å². The highest BCUT2D eigenvalue weighted by molar-refractivity contribution is 5.99. The molecule has 2 aliphatic rings. The van der Waals surface area contributed by atoms with Gasteiger partial charge in [-0.05, 0) is 75.6 Å². The summed E-state index contributed by atoms with van der Waals surface area (Å²) < 4.78 is 21.2. The number of nitrogens with zero attached hydrogens (tertiary/aromatic N) is 1. The number of carbonyl (C=O) groups excluding carboxylic acids is 3. The van der Waals surface area contributed by atoms with Gasteiger partial charge in [-0.3, -0.25) is 9.59 Å². The maximum absolute atomic E-state index is 12.6. The first-order valence-electron chi connectivity index (χ1n) is 11.1. The van der Waals surface area contributed by atoms with Crippen LogP contribution in [-0.2, 0) is 9.53 Å². The SMILES string of the molecule is CC1CCCC(C)N1C(=O)COc1ccc(C(=O)OCC(=O)c2ccc3c(c2)OCO3)cc1. The minimum Gasteiger partial charge on any atom is -0.484 e. The van der Waals surface area contributed by atoms with Gasteiger partial charge in [0, 0.05) is 17.6 Å². The molecular formula is C25H27NO7. The summed E-state index contributed by atoms with van der Waals surface area (Å²) in [5.74, 6) is 0.538. The van der Waals surface area contributed by atoms with Crippen molar-refractivity contribution >= 4 is 17.7 Å². The number of Topliss-reactive ketones (excluding diaryl/α,β-unsaturated/α-hetero) is 1. The first-order valence-corrected chi connectivity index (χ1v) is 11.1. The molecule has 174 valence electrons. The zero-order valence-corrected chi connectivity index (χ0v) is 18.7. The van der Waals surface area contributed by atoms with Gasteiger partial charge in [-0.15, -0.1) is 0 Å². The predicted molar refractivity (Wildman–Crippen MR) is 119 cm³/mol. The van der Waals surface area contributed by atoms with Crippen molar-refractivity contribution in [2.45, 2.75) is 45.2 Å². The number of amides is 1. The van der Waals surface area contributed by atoms with Crippen LogP contribution in [0.2, 0.25) is 0 Å². The summed E-state index contributed by atoms with van der Waals surface area (Å²) in [5.41, 5.74) is 0.656. The van der Waals surface area contributed by atoms with Crippen LogP contribution in [0, 0.1) is 0 Å². The average molecular weight is 453 g/mol. The molecule has 2 aliphatic heterocycles. The van der Waals surface area contributed by atoms with Crippen LogP contribution in [0.25, 0.3) is 0 Å². The minimum atomic E-state index is -0.623. The molecule has 0 radical (unpaired) electrons. The van der Waals surface area contributed by atoms with Gasteiger partial charge in [-0.1, -0.05) is 0 Å². The maximum Gasteiger partial charge on any atom is 0.338 e. The Morgan fingerprint density at radius 3 is 2.30 bits per heavy atom. The second-order valence-corrected chi connectivity index (χ2v) is 8.31. The molecule has 2 unspecified atom stereocenters. The summed E-state index contributed by atoms with van der Waals surface area (Å²) >= 11 is 0. The van der Waals surface area contributed by atoms with E-state index in [1.807, 2.05) is 4.90 Å². The predicted octanol–water partition coefficient (Wildman–Crippen LogP) is 3.62. The third kappa shape index (κ3) is 5.27. The zero-order chi connectivity index (χ0) is 23.4. The molecule has 8 heteroatoms. The van der Waals surface area contributed by atoms with Crippen molar-refractivity contribution in [1.82, 2.24) is 4.90 Å². The Morgan fingerprint density at radius 2 is 1.58 bits per heavy atom. The molecule has 2 atom stereocenters. The van der Waals surface area contributed by atoms with Crippen LogP contribution in [-0.4, -0.2) is 54.7 Å². The van der Waals surface area contributed by atoms with Crippen LogP contribution >= 0.6 is 0 Å². The van der Waals surface area contributed by atoms with E-state index in [2.05, 4.69) is 13.8 Å². The molecule has 4 rings (SSSR count). The molecule has 0 aromatic heterocycles. The molecule has 1 saturated heterocycles. The molecule has 2 aromatic rings. The van der Waals surface area contributed by atoms with Gasteiger partial charge in [0.25, 0.3) is 5.91 Å². The highest BCUT2D eigenvalue weighted by Crippen LogP contribution is 2.32. The lowest BCUT2D eigenvalue weighted by atomic mass is 9.97. The third-order valence-corrected chi connectivity index (χ3v) is 5.96. The molecule has 2 aromatic carbocycles. The fraction of sp³-hybridized carbons (Fsp3) is 0.400. The van der Waals surface area contributed by atoms with Crippen LogP contribution in [0.1, 0.15) is 53.8 Å². The Morgan fingerprint density at radius 1 is 0.909 bits per heavy atom. The number of likely N-dealkylation sites (tertiary alicyclic amines) is 1. The molecule has 0 aliphatic carbocycles. The van der Waals surface area contributed by atoms with Crippen molar-refractivity contribution in [3.05, 3.63) is 53.6 Å². The first kappa shape index (κ1) is 22.6. The van der Waals surface area contributed by atoms with Gasteiger partial charge in [0.2, 0.25) is 6.79 Å². The summed E-state index contributed by atoms with van der Waals surface area (Å²) in [6.07, 6.45) is 3.14. The fourth-order valence-corrected chi connectivity index (χ4v) is 4.19. The van der Waals surface area contributed by atoms with E-state index in [1.165, 1.54) is 0 Å². The van der Waals surface area contributed by atoms with E-state index in [1.54, 1.807) is 42.5 Å². The highest BCUT2D eigenvalue weighted by atomic mass is 16.7. The van der Waals surface area contributed by atoms with E-state index in [4.69, 9.17) is 18.9 Å². The Balaban J connectivity index is 1.26. The highest BCUT2D eigenvalue weighted by Gasteiger charge is 2.29. The molecule has 2 heterocycles. The van der Waals surface area contributed by atoms with Crippen molar-refractivity contribution in [2.75, 3.05) is 20.0 Å². The molecule has 8 nitrogen and oxygen atoms in total. The smallest absolute Gasteiger partial charge is 0.338 e. The van der Waals surface area contributed by atoms with Crippen molar-refractivity contribution in [3.63, 3.8) is 0 Å². The lowest BCUT2D eigenvalue weighted by Crippen LogP contribution is -2.49. The van der Waals surface area contributed by atoms with Gasteiger partial charge in [0.1, 0.15) is 5.75 Å². The number of fused-ring (bicyclic) bond motifs is 1. The van der Waals surface area contributed by atoms with Gasteiger partial charge in [0.15, 0.2) is 30.5 Å². The van der Waals surface area contributed by atoms with E-state index in [9.17, 15) is 14.4 Å². The van der Waals surface area contributed by atoms with Gasteiger partial charge in [0.05, 0.1) is 5.56 Å². The number of rotatable bonds is 7. The topological polar surface area (TPSA) is 91.4 Å². The number of carbonyl (C=O) groups is 3. The van der Waals surface area contributed by atoms with Gasteiger partial charge in [-0.25, -0.2) is 4.79 Å². The van der Waals surface area contributed by atoms with Gasteiger partial charge >= 0.3 is 5.97 Å². The minimum absolute atomic E-state index is 0.0415. The maximum atomic E-state index is 12.6. The summed E-state index contributed by atoms with van der Waals surface area (Å²) in [6.45, 7) is 3.79. The van der Waals surface area contributed by atoms with Crippen LogP contribution in [0.4, 0.5) is 0 Å². The molecular weight excluding hydrogens is 426 g/mol. The lowest BCUT2D eigenvalue weighted by molar-refractivity contribution is -0.139. The van der Waals surface area contributed by atoms with E-state index >= 15 is 0 Å². The zero-order valence-electron chi connectivity index (χ0n) is 18.7.